The Hall–Kier alpha value is -2.54. The van der Waals surface area contributed by atoms with Gasteiger partial charge < -0.3 is 0 Å². The smallest absolute Gasteiger partial charge is 0.265 e. The number of hydrogen-bond acceptors (Lipinski definition) is 0. The third kappa shape index (κ3) is 9.04. The Balaban J connectivity index is 0.000000382. The van der Waals surface area contributed by atoms with E-state index in [1.807, 2.05) is 60.7 Å². The normalized spacial score (nSPS) is 14.8. The number of unbranched alkanes of at least 4 members (excludes halogenated alkanes) is 1. The van der Waals surface area contributed by atoms with Crippen molar-refractivity contribution in [2.24, 2.45) is 0 Å². The molecule has 0 radical (unpaired) electrons. The minimum atomic E-state index is -1.70. The minimum absolute atomic E-state index is 0. The van der Waals surface area contributed by atoms with Crippen molar-refractivity contribution in [2.75, 3.05) is 0 Å². The van der Waals surface area contributed by atoms with Crippen molar-refractivity contribution in [1.82, 2.24) is 0 Å². The van der Waals surface area contributed by atoms with Crippen molar-refractivity contribution in [3.8, 4) is 0 Å². The van der Waals surface area contributed by atoms with Gasteiger partial charge >= 0.3 is 26.2 Å². The molecule has 0 saturated heterocycles. The van der Waals surface area contributed by atoms with E-state index in [4.69, 9.17) is 0 Å². The van der Waals surface area contributed by atoms with Crippen LogP contribution in [0.25, 0.3) is 10.8 Å². The van der Waals surface area contributed by atoms with E-state index in [9.17, 15) is 0 Å². The van der Waals surface area contributed by atoms with E-state index in [1.165, 1.54) is 32.7 Å². The molecule has 0 bridgehead atoms. The summed E-state index contributed by atoms with van der Waals surface area (Å²) in [6.45, 7) is 9.42. The predicted molar refractivity (Wildman–Crippen MR) is 165 cm³/mol. The molecule has 0 aromatic heterocycles. The Bertz CT molecular complexity index is 1160. The molecule has 0 atom stereocenters. The molecule has 0 nitrogen and oxygen atoms in total. The van der Waals surface area contributed by atoms with Crippen LogP contribution >= 0.6 is 0 Å². The van der Waals surface area contributed by atoms with E-state index < -0.39 is 8.07 Å². The first-order valence-corrected chi connectivity index (χ1v) is 16.5. The monoisotopic (exact) mass is 590 g/mol. The number of hydrogen-bond donors (Lipinski definition) is 0. The number of allylic oxidation sites excluding steroid dienone is 5. The minimum Gasteiger partial charge on any atom is -0.265 e. The van der Waals surface area contributed by atoms with Crippen LogP contribution in [-0.2, 0) is 26.2 Å². The third-order valence-corrected chi connectivity index (χ3v) is 9.66. The molecule has 0 spiro atoms. The molecule has 0 amide bonds. The van der Waals surface area contributed by atoms with Gasteiger partial charge in [-0.1, -0.05) is 100 Å². The van der Waals surface area contributed by atoms with Gasteiger partial charge in [-0.25, -0.2) is 24.3 Å². The third-order valence-electron chi connectivity index (χ3n) is 6.38. The molecular weight excluding hydrogens is 552 g/mol. The van der Waals surface area contributed by atoms with Crippen LogP contribution in [0.3, 0.4) is 0 Å². The molecule has 2 heteroatoms. The molecule has 38 heavy (non-hydrogen) atoms. The Labute approximate surface area is 251 Å². The fraction of sp³-hybridized carbons (Fsp3) is 0.222. The summed E-state index contributed by atoms with van der Waals surface area (Å²) in [7, 11) is -1.70. The second-order valence-corrected chi connectivity index (χ2v) is 13.9. The van der Waals surface area contributed by atoms with Crippen molar-refractivity contribution in [3.05, 3.63) is 155 Å². The summed E-state index contributed by atoms with van der Waals surface area (Å²) in [6.07, 6.45) is 11.9. The summed E-state index contributed by atoms with van der Waals surface area (Å²) in [5.41, 5.74) is 5.45. The molecule has 4 aromatic rings. The first kappa shape index (κ1) is 31.7. The Kier molecular flexibility index (Phi) is 14.3. The van der Waals surface area contributed by atoms with Gasteiger partial charge in [-0.15, -0.1) is 29.7 Å². The largest absolute Gasteiger partial charge is 4.00 e. The predicted octanol–water partition coefficient (Wildman–Crippen LogP) is 10.3. The molecule has 4 aromatic carbocycles. The summed E-state index contributed by atoms with van der Waals surface area (Å²) in [4.78, 5) is 0. The van der Waals surface area contributed by atoms with Crippen molar-refractivity contribution in [2.45, 2.75) is 52.6 Å². The molecule has 0 saturated carbocycles. The van der Waals surface area contributed by atoms with Crippen molar-refractivity contribution in [3.63, 3.8) is 0 Å². The van der Waals surface area contributed by atoms with Crippen LogP contribution in [0.1, 0.15) is 50.7 Å². The number of benzene rings is 2. The molecule has 0 N–H and O–H groups in total. The molecule has 0 unspecified atom stereocenters. The molecular formula is C36H40SiZr. The van der Waals surface area contributed by atoms with E-state index in [0.29, 0.717) is 0 Å². The van der Waals surface area contributed by atoms with Crippen LogP contribution in [0.5, 0.6) is 0 Å². The molecule has 5 rings (SSSR count). The second kappa shape index (κ2) is 17.1. The topological polar surface area (TPSA) is 0 Å². The quantitative estimate of drug-likeness (QED) is 0.148. The number of rotatable bonds is 7. The van der Waals surface area contributed by atoms with Crippen LogP contribution in [-0.4, -0.2) is 8.07 Å². The summed E-state index contributed by atoms with van der Waals surface area (Å²) in [6, 6.07) is 41.7. The van der Waals surface area contributed by atoms with E-state index in [-0.39, 0.29) is 26.2 Å². The summed E-state index contributed by atoms with van der Waals surface area (Å²) in [5, 5.41) is 2.90. The van der Waals surface area contributed by atoms with Gasteiger partial charge in [-0.2, -0.15) is 58.4 Å². The molecule has 192 valence electrons. The van der Waals surface area contributed by atoms with E-state index >= 15 is 0 Å². The van der Waals surface area contributed by atoms with Gasteiger partial charge in [0.1, 0.15) is 0 Å². The van der Waals surface area contributed by atoms with Crippen LogP contribution in [0, 0.1) is 12.2 Å². The molecule has 1 aliphatic rings. The molecule has 0 aliphatic carbocycles. The zero-order chi connectivity index (χ0) is 26.3. The van der Waals surface area contributed by atoms with Gasteiger partial charge in [0.05, 0.1) is 8.07 Å². The summed E-state index contributed by atoms with van der Waals surface area (Å²) < 4.78 is 0. The second-order valence-electron chi connectivity index (χ2n) is 9.69. The van der Waals surface area contributed by atoms with Gasteiger partial charge in [0.25, 0.3) is 0 Å². The fourth-order valence-corrected chi connectivity index (χ4v) is 7.20. The van der Waals surface area contributed by atoms with Crippen LogP contribution in [0.4, 0.5) is 0 Å². The first-order chi connectivity index (χ1) is 18.1. The Morgan fingerprint density at radius 3 is 1.68 bits per heavy atom. The summed E-state index contributed by atoms with van der Waals surface area (Å²) >= 11 is 0. The van der Waals surface area contributed by atoms with Gasteiger partial charge in [0, 0.05) is 0 Å². The van der Waals surface area contributed by atoms with E-state index in [0.717, 1.165) is 25.7 Å². The van der Waals surface area contributed by atoms with Gasteiger partial charge in [-0.05, 0) is 0 Å². The maximum atomic E-state index is 3.80. The zero-order valence-electron chi connectivity index (χ0n) is 23.4. The molecule has 1 heterocycles. The first-order valence-electron chi connectivity index (χ1n) is 13.5. The van der Waals surface area contributed by atoms with Gasteiger partial charge in [0.15, 0.2) is 0 Å². The van der Waals surface area contributed by atoms with Gasteiger partial charge in [-0.3, -0.25) is 6.08 Å². The van der Waals surface area contributed by atoms with Crippen molar-refractivity contribution < 1.29 is 26.2 Å². The standard InChI is InChI=1S/C26H30Si.2C5H5.Zr/c1-5-7-15-22(14-6-2)26(23-18-12-9-13-19-23)25-20-24(27(25,3)4)21-16-10-8-11-17-21;2*1-2-4-5-3-1;/h8-13,16-19H,5-7,14H2,1-4H3;2*1-5H;/q-2;2*-1;+4/b26-25-;;;. The van der Waals surface area contributed by atoms with Crippen LogP contribution in [0.2, 0.25) is 13.1 Å². The van der Waals surface area contributed by atoms with Crippen LogP contribution < -0.4 is 0 Å². The zero-order valence-corrected chi connectivity index (χ0v) is 26.8. The fourth-order valence-electron chi connectivity index (χ4n) is 4.46. The Morgan fingerprint density at radius 2 is 1.26 bits per heavy atom. The maximum Gasteiger partial charge on any atom is 4.00 e. The van der Waals surface area contributed by atoms with Crippen molar-refractivity contribution in [1.29, 1.82) is 0 Å². The summed E-state index contributed by atoms with van der Waals surface area (Å²) in [5.74, 6) is 0. The van der Waals surface area contributed by atoms with Crippen molar-refractivity contribution >= 4 is 18.8 Å². The van der Waals surface area contributed by atoms with E-state index in [1.54, 1.807) is 0 Å². The average molecular weight is 592 g/mol. The maximum absolute atomic E-state index is 3.80. The van der Waals surface area contributed by atoms with Gasteiger partial charge in [0.2, 0.25) is 0 Å². The van der Waals surface area contributed by atoms with Crippen LogP contribution in [0.15, 0.2) is 132 Å². The Morgan fingerprint density at radius 1 is 0.737 bits per heavy atom. The SMILES string of the molecule is CCC[C-]=C(CCC)/C(=C1\[C-]=C(c2ccccc2)[Si]1(C)C)c1ccccc1.[Zr+4].c1cc[cH-]c1.c1cc[cH-]c1. The average Bonchev–Trinajstić information content (AvgIpc) is 3.70. The molecule has 0 fully saturated rings. The van der Waals surface area contributed by atoms with E-state index in [2.05, 4.69) is 99.8 Å². The molecule has 1 aliphatic heterocycles.